The molecule has 0 heterocycles. The van der Waals surface area contributed by atoms with Gasteiger partial charge in [0, 0.05) is 17.6 Å². The van der Waals surface area contributed by atoms with Gasteiger partial charge in [-0.05, 0) is 38.0 Å². The van der Waals surface area contributed by atoms with E-state index < -0.39 is 0 Å². The van der Waals surface area contributed by atoms with Crippen molar-refractivity contribution in [1.29, 1.82) is 0 Å². The average molecular weight is 329 g/mol. The number of hydrogen-bond donors (Lipinski definition) is 2. The third kappa shape index (κ3) is 5.20. The molecule has 1 aromatic rings. The molecule has 5 heteroatoms. The fourth-order valence-electron chi connectivity index (χ4n) is 1.66. The van der Waals surface area contributed by atoms with Crippen molar-refractivity contribution >= 4 is 22.0 Å². The first-order chi connectivity index (χ1) is 8.93. The van der Waals surface area contributed by atoms with Gasteiger partial charge in [0.15, 0.2) is 0 Å². The third-order valence-electron chi connectivity index (χ3n) is 3.07. The van der Waals surface area contributed by atoms with Crippen LogP contribution < -0.4 is 5.32 Å². The number of rotatable bonds is 5. The molecule has 106 valence electrons. The molecule has 0 spiro atoms. The van der Waals surface area contributed by atoms with E-state index in [0.29, 0.717) is 0 Å². The monoisotopic (exact) mass is 328 g/mol. The van der Waals surface area contributed by atoms with E-state index in [-0.39, 0.29) is 24.7 Å². The summed E-state index contributed by atoms with van der Waals surface area (Å²) in [5.41, 5.74) is 1.17. The van der Waals surface area contributed by atoms with Crippen molar-refractivity contribution in [2.45, 2.75) is 32.4 Å². The van der Waals surface area contributed by atoms with E-state index in [9.17, 15) is 4.79 Å². The number of aliphatic hydroxyl groups is 1. The standard InChI is InChI=1S/C14H21BrN2O2/c1-10(8-12-4-6-13(15)7-5-12)16-14(19)17(3)11(2)9-18/h4-7,10-11,18H,8-9H2,1-3H3,(H,16,19). The van der Waals surface area contributed by atoms with Gasteiger partial charge in [0.2, 0.25) is 0 Å². The number of nitrogens with zero attached hydrogens (tertiary/aromatic N) is 1. The zero-order valence-corrected chi connectivity index (χ0v) is 13.1. The van der Waals surface area contributed by atoms with Gasteiger partial charge in [-0.3, -0.25) is 0 Å². The van der Waals surface area contributed by atoms with Crippen molar-refractivity contribution in [3.63, 3.8) is 0 Å². The predicted octanol–water partition coefficient (Wildman–Crippen LogP) is 2.40. The molecule has 0 aromatic heterocycles. The molecule has 0 saturated heterocycles. The summed E-state index contributed by atoms with van der Waals surface area (Å²) in [5, 5.41) is 11.9. The second-order valence-corrected chi connectivity index (χ2v) is 5.74. The number of halogens is 1. The number of urea groups is 1. The summed E-state index contributed by atoms with van der Waals surface area (Å²) < 4.78 is 1.05. The Balaban J connectivity index is 2.48. The predicted molar refractivity (Wildman–Crippen MR) is 80.2 cm³/mol. The highest BCUT2D eigenvalue weighted by atomic mass is 79.9. The summed E-state index contributed by atoms with van der Waals surface area (Å²) in [4.78, 5) is 13.4. The van der Waals surface area contributed by atoms with Crippen LogP contribution in [0.4, 0.5) is 4.79 Å². The number of likely N-dealkylation sites (N-methyl/N-ethyl adjacent to an activating group) is 1. The van der Waals surface area contributed by atoms with E-state index in [1.165, 1.54) is 10.5 Å². The van der Waals surface area contributed by atoms with Crippen LogP contribution in [0.2, 0.25) is 0 Å². The molecular weight excluding hydrogens is 308 g/mol. The quantitative estimate of drug-likeness (QED) is 0.872. The van der Waals surface area contributed by atoms with Gasteiger partial charge in [0.1, 0.15) is 0 Å². The van der Waals surface area contributed by atoms with Crippen LogP contribution in [0.1, 0.15) is 19.4 Å². The molecule has 0 aliphatic heterocycles. The smallest absolute Gasteiger partial charge is 0.317 e. The number of hydrogen-bond acceptors (Lipinski definition) is 2. The number of amides is 2. The molecule has 0 fully saturated rings. The Morgan fingerprint density at radius 1 is 1.37 bits per heavy atom. The van der Waals surface area contributed by atoms with Crippen LogP contribution in [0, 0.1) is 0 Å². The topological polar surface area (TPSA) is 52.6 Å². The van der Waals surface area contributed by atoms with Crippen LogP contribution in [-0.2, 0) is 6.42 Å². The van der Waals surface area contributed by atoms with Gasteiger partial charge in [0.05, 0.1) is 12.6 Å². The summed E-state index contributed by atoms with van der Waals surface area (Å²) >= 11 is 3.39. The first-order valence-electron chi connectivity index (χ1n) is 6.32. The summed E-state index contributed by atoms with van der Waals surface area (Å²) in [7, 11) is 1.68. The van der Waals surface area contributed by atoms with E-state index in [2.05, 4.69) is 21.2 Å². The molecule has 2 amide bonds. The molecule has 0 aliphatic rings. The fourth-order valence-corrected chi connectivity index (χ4v) is 1.92. The highest BCUT2D eigenvalue weighted by Crippen LogP contribution is 2.12. The zero-order valence-electron chi connectivity index (χ0n) is 11.6. The number of benzene rings is 1. The number of carbonyl (C=O) groups is 1. The molecule has 2 N–H and O–H groups in total. The third-order valence-corrected chi connectivity index (χ3v) is 3.60. The van der Waals surface area contributed by atoms with Crippen LogP contribution in [0.3, 0.4) is 0 Å². The molecule has 1 rings (SSSR count). The van der Waals surface area contributed by atoms with Gasteiger partial charge in [-0.15, -0.1) is 0 Å². The molecule has 0 radical (unpaired) electrons. The van der Waals surface area contributed by atoms with E-state index in [0.717, 1.165) is 10.9 Å². The first-order valence-corrected chi connectivity index (χ1v) is 7.12. The Hall–Kier alpha value is -1.07. The summed E-state index contributed by atoms with van der Waals surface area (Å²) in [6.45, 7) is 3.74. The van der Waals surface area contributed by atoms with Crippen LogP contribution in [-0.4, -0.2) is 41.8 Å². The van der Waals surface area contributed by atoms with E-state index in [4.69, 9.17) is 5.11 Å². The van der Waals surface area contributed by atoms with Crippen molar-refractivity contribution < 1.29 is 9.90 Å². The fraction of sp³-hybridized carbons (Fsp3) is 0.500. The first kappa shape index (κ1) is 16.0. The second-order valence-electron chi connectivity index (χ2n) is 4.82. The van der Waals surface area contributed by atoms with E-state index in [1.54, 1.807) is 14.0 Å². The molecule has 2 atom stereocenters. The maximum Gasteiger partial charge on any atom is 0.317 e. The minimum atomic E-state index is -0.181. The molecular formula is C14H21BrN2O2. The van der Waals surface area contributed by atoms with Crippen LogP contribution in [0.15, 0.2) is 28.7 Å². The van der Waals surface area contributed by atoms with Crippen LogP contribution >= 0.6 is 15.9 Å². The zero-order chi connectivity index (χ0) is 14.4. The SMILES string of the molecule is CC(Cc1ccc(Br)cc1)NC(=O)N(C)C(C)CO. The summed E-state index contributed by atoms with van der Waals surface area (Å²) in [6, 6.07) is 7.75. The minimum Gasteiger partial charge on any atom is -0.394 e. The lowest BCUT2D eigenvalue weighted by atomic mass is 10.1. The Labute approximate surface area is 122 Å². The van der Waals surface area contributed by atoms with Gasteiger partial charge >= 0.3 is 6.03 Å². The van der Waals surface area contributed by atoms with Crippen molar-refractivity contribution in [3.05, 3.63) is 34.3 Å². The van der Waals surface area contributed by atoms with E-state index in [1.807, 2.05) is 31.2 Å². The molecule has 0 saturated carbocycles. The largest absolute Gasteiger partial charge is 0.394 e. The van der Waals surface area contributed by atoms with Gasteiger partial charge in [-0.25, -0.2) is 4.79 Å². The highest BCUT2D eigenvalue weighted by Gasteiger charge is 2.16. The minimum absolute atomic E-state index is 0.0367. The van der Waals surface area contributed by atoms with Gasteiger partial charge in [0.25, 0.3) is 0 Å². The number of nitrogens with one attached hydrogen (secondary N) is 1. The van der Waals surface area contributed by atoms with Crippen LogP contribution in [0.25, 0.3) is 0 Å². The molecule has 1 aromatic carbocycles. The lowest BCUT2D eigenvalue weighted by Gasteiger charge is -2.25. The van der Waals surface area contributed by atoms with Crippen molar-refractivity contribution in [1.82, 2.24) is 10.2 Å². The van der Waals surface area contributed by atoms with E-state index >= 15 is 0 Å². The Morgan fingerprint density at radius 2 is 1.95 bits per heavy atom. The number of aliphatic hydroxyl groups excluding tert-OH is 1. The molecule has 0 bridgehead atoms. The summed E-state index contributed by atoms with van der Waals surface area (Å²) in [6.07, 6.45) is 0.778. The lowest BCUT2D eigenvalue weighted by Crippen LogP contribution is -2.47. The highest BCUT2D eigenvalue weighted by molar-refractivity contribution is 9.10. The van der Waals surface area contributed by atoms with Gasteiger partial charge in [-0.1, -0.05) is 28.1 Å². The summed E-state index contributed by atoms with van der Waals surface area (Å²) in [5.74, 6) is 0. The molecule has 0 aliphatic carbocycles. The number of carbonyl (C=O) groups excluding carboxylic acids is 1. The van der Waals surface area contributed by atoms with Gasteiger partial charge in [-0.2, -0.15) is 0 Å². The van der Waals surface area contributed by atoms with Crippen molar-refractivity contribution in [3.8, 4) is 0 Å². The van der Waals surface area contributed by atoms with Crippen LogP contribution in [0.5, 0.6) is 0 Å². The normalized spacial score (nSPS) is 13.7. The average Bonchev–Trinajstić information content (AvgIpc) is 2.39. The Kier molecular flexibility index (Phi) is 6.31. The van der Waals surface area contributed by atoms with Crippen molar-refractivity contribution in [2.24, 2.45) is 0 Å². The molecule has 4 nitrogen and oxygen atoms in total. The molecule has 19 heavy (non-hydrogen) atoms. The Bertz CT molecular complexity index is 408. The Morgan fingerprint density at radius 3 is 2.47 bits per heavy atom. The van der Waals surface area contributed by atoms with Crippen molar-refractivity contribution in [2.75, 3.05) is 13.7 Å². The second kappa shape index (κ2) is 7.50. The molecule has 2 unspecified atom stereocenters. The maximum atomic E-state index is 11.9. The maximum absolute atomic E-state index is 11.9. The lowest BCUT2D eigenvalue weighted by molar-refractivity contribution is 0.155. The van der Waals surface area contributed by atoms with Gasteiger partial charge < -0.3 is 15.3 Å².